The Balaban J connectivity index is 4.39. The molecule has 6 nitrogen and oxygen atoms in total. The second-order valence-corrected chi connectivity index (χ2v) is 18.8. The normalized spacial score (nSPS) is 12.4. The number of carbonyl (C=O) groups is 3. The van der Waals surface area contributed by atoms with Gasteiger partial charge >= 0.3 is 17.9 Å². The summed E-state index contributed by atoms with van der Waals surface area (Å²) in [5.41, 5.74) is 0. The number of unbranched alkanes of at least 4 members (excludes halogenated alkanes) is 32. The first kappa shape index (κ1) is 62.4. The van der Waals surface area contributed by atoms with Gasteiger partial charge in [-0.2, -0.15) is 0 Å². The van der Waals surface area contributed by atoms with E-state index in [0.717, 1.165) is 70.6 Å². The Labute approximate surface area is 403 Å². The summed E-state index contributed by atoms with van der Waals surface area (Å²) >= 11 is 0. The second-order valence-electron chi connectivity index (χ2n) is 18.8. The third-order valence-electron chi connectivity index (χ3n) is 12.3. The molecule has 0 aliphatic carbocycles. The Hall–Kier alpha value is -2.63. The Morgan fingerprint density at radius 1 is 0.308 bits per heavy atom. The van der Waals surface area contributed by atoms with Crippen molar-refractivity contribution >= 4 is 17.9 Å². The van der Waals surface area contributed by atoms with Gasteiger partial charge in [0.1, 0.15) is 13.2 Å². The van der Waals surface area contributed by atoms with Gasteiger partial charge in [0.15, 0.2) is 6.10 Å². The fourth-order valence-electron chi connectivity index (χ4n) is 8.03. The van der Waals surface area contributed by atoms with Crippen molar-refractivity contribution in [1.82, 2.24) is 0 Å². The molecule has 0 aromatic rings. The highest BCUT2D eigenvalue weighted by molar-refractivity contribution is 5.71. The molecule has 0 aromatic carbocycles. The molecule has 0 unspecified atom stereocenters. The van der Waals surface area contributed by atoms with E-state index in [1.54, 1.807) is 0 Å². The van der Waals surface area contributed by atoms with E-state index in [-0.39, 0.29) is 31.1 Å². The minimum atomic E-state index is -0.787. The number of ether oxygens (including phenoxy) is 3. The average molecular weight is 911 g/mol. The van der Waals surface area contributed by atoms with E-state index in [0.29, 0.717) is 19.3 Å². The van der Waals surface area contributed by atoms with Crippen molar-refractivity contribution in [2.75, 3.05) is 13.2 Å². The van der Waals surface area contributed by atoms with Gasteiger partial charge in [-0.05, 0) is 83.5 Å². The third-order valence-corrected chi connectivity index (χ3v) is 12.3. The van der Waals surface area contributed by atoms with Gasteiger partial charge in [0, 0.05) is 19.3 Å². The monoisotopic (exact) mass is 911 g/mol. The summed E-state index contributed by atoms with van der Waals surface area (Å²) in [6, 6.07) is 0. The molecule has 6 heteroatoms. The Morgan fingerprint density at radius 3 is 0.938 bits per heavy atom. The Bertz CT molecular complexity index is 1140. The molecule has 0 amide bonds. The highest BCUT2D eigenvalue weighted by atomic mass is 16.6. The maximum absolute atomic E-state index is 12.8. The van der Waals surface area contributed by atoms with Gasteiger partial charge in [0.25, 0.3) is 0 Å². The van der Waals surface area contributed by atoms with Gasteiger partial charge in [0.2, 0.25) is 0 Å². The van der Waals surface area contributed by atoms with Crippen LogP contribution in [0.3, 0.4) is 0 Å². The van der Waals surface area contributed by atoms with Crippen LogP contribution in [0.5, 0.6) is 0 Å². The maximum Gasteiger partial charge on any atom is 0.306 e. The molecule has 0 heterocycles. The number of rotatable bonds is 51. The first-order valence-corrected chi connectivity index (χ1v) is 28.1. The molecule has 0 fully saturated rings. The van der Waals surface area contributed by atoms with E-state index < -0.39 is 6.10 Å². The summed E-state index contributed by atoms with van der Waals surface area (Å²) in [5.74, 6) is -0.913. The van der Waals surface area contributed by atoms with Gasteiger partial charge in [0.05, 0.1) is 0 Å². The van der Waals surface area contributed by atoms with Crippen molar-refractivity contribution in [3.63, 3.8) is 0 Å². The van der Waals surface area contributed by atoms with Crippen LogP contribution in [0.4, 0.5) is 0 Å². The standard InChI is InChI=1S/C59H106O6/c1-4-7-10-13-16-19-22-25-27-28-29-30-32-35-38-41-44-47-50-53-59(62)65-56(54-63-57(60)51-48-45-42-39-36-33-24-21-18-15-12-9-6-3)55-64-58(61)52-49-46-43-40-37-34-31-26-23-20-17-14-11-8-5-2/h17,20,25-27,31,37,40,56H,4-16,18-19,21-24,28-30,32-36,38-39,41-55H2,1-3H3/b20-17-,27-25-,31-26-,40-37-/t56-/m0/s1. The number of carbonyl (C=O) groups excluding carboxylic acids is 3. The van der Waals surface area contributed by atoms with Crippen LogP contribution in [0.15, 0.2) is 48.6 Å². The van der Waals surface area contributed by atoms with E-state index >= 15 is 0 Å². The zero-order valence-corrected chi connectivity index (χ0v) is 43.3. The molecule has 0 bridgehead atoms. The summed E-state index contributed by atoms with van der Waals surface area (Å²) in [6.45, 7) is 6.60. The molecule has 0 aromatic heterocycles. The molecule has 0 rings (SSSR count). The molecule has 0 aliphatic heterocycles. The second kappa shape index (κ2) is 54.0. The fourth-order valence-corrected chi connectivity index (χ4v) is 8.03. The molecule has 0 spiro atoms. The summed E-state index contributed by atoms with van der Waals surface area (Å²) in [5, 5.41) is 0. The highest BCUT2D eigenvalue weighted by Gasteiger charge is 2.19. The molecule has 0 aliphatic rings. The Kier molecular flexibility index (Phi) is 51.8. The molecule has 378 valence electrons. The van der Waals surface area contributed by atoms with Crippen molar-refractivity contribution < 1.29 is 28.6 Å². The summed E-state index contributed by atoms with van der Waals surface area (Å²) < 4.78 is 16.8. The van der Waals surface area contributed by atoms with E-state index in [2.05, 4.69) is 69.4 Å². The van der Waals surface area contributed by atoms with Crippen LogP contribution in [0.1, 0.15) is 290 Å². The SMILES string of the molecule is CCCCC/C=C\C/C=C\C/C=C\CCCCC(=O)OC[C@H](COC(=O)CCCCCCCCCCCCCCC)OC(=O)CCCCCCCCCCC/C=C\CCCCCCCC. The minimum absolute atomic E-state index is 0.0831. The molecule has 0 N–H and O–H groups in total. The lowest BCUT2D eigenvalue weighted by Crippen LogP contribution is -2.30. The molecular weight excluding hydrogens is 805 g/mol. The number of hydrogen-bond acceptors (Lipinski definition) is 6. The van der Waals surface area contributed by atoms with Crippen molar-refractivity contribution in [3.05, 3.63) is 48.6 Å². The lowest BCUT2D eigenvalue weighted by Gasteiger charge is -2.18. The number of hydrogen-bond donors (Lipinski definition) is 0. The van der Waals surface area contributed by atoms with E-state index in [1.165, 1.54) is 180 Å². The van der Waals surface area contributed by atoms with Crippen LogP contribution in [0.25, 0.3) is 0 Å². The van der Waals surface area contributed by atoms with Gasteiger partial charge in [-0.25, -0.2) is 0 Å². The highest BCUT2D eigenvalue weighted by Crippen LogP contribution is 2.16. The first-order chi connectivity index (χ1) is 32.0. The molecule has 0 saturated heterocycles. The van der Waals surface area contributed by atoms with Gasteiger partial charge in [-0.15, -0.1) is 0 Å². The van der Waals surface area contributed by atoms with Crippen LogP contribution in [0, 0.1) is 0 Å². The summed E-state index contributed by atoms with van der Waals surface area (Å²) in [4.78, 5) is 38.1. The first-order valence-electron chi connectivity index (χ1n) is 28.1. The maximum atomic E-state index is 12.8. The lowest BCUT2D eigenvalue weighted by molar-refractivity contribution is -0.167. The third kappa shape index (κ3) is 52.2. The summed E-state index contributed by atoms with van der Waals surface area (Å²) in [7, 11) is 0. The fraction of sp³-hybridized carbons (Fsp3) is 0.814. The van der Waals surface area contributed by atoms with Crippen LogP contribution in [0.2, 0.25) is 0 Å². The largest absolute Gasteiger partial charge is 0.462 e. The zero-order valence-electron chi connectivity index (χ0n) is 43.3. The molecular formula is C59H106O6. The summed E-state index contributed by atoms with van der Waals surface area (Å²) in [6.07, 6.45) is 65.3. The predicted molar refractivity (Wildman–Crippen MR) is 279 cm³/mol. The number of allylic oxidation sites excluding steroid dienone is 8. The van der Waals surface area contributed by atoms with E-state index in [9.17, 15) is 14.4 Å². The number of esters is 3. The quantitative estimate of drug-likeness (QED) is 0.0262. The van der Waals surface area contributed by atoms with Crippen LogP contribution in [-0.2, 0) is 28.6 Å². The Morgan fingerprint density at radius 2 is 0.554 bits per heavy atom. The molecule has 65 heavy (non-hydrogen) atoms. The molecule has 0 radical (unpaired) electrons. The van der Waals surface area contributed by atoms with Crippen LogP contribution >= 0.6 is 0 Å². The van der Waals surface area contributed by atoms with Gasteiger partial charge in [-0.3, -0.25) is 14.4 Å². The van der Waals surface area contributed by atoms with Crippen molar-refractivity contribution in [2.24, 2.45) is 0 Å². The predicted octanol–water partition coefficient (Wildman–Crippen LogP) is 18.7. The lowest BCUT2D eigenvalue weighted by atomic mass is 10.0. The van der Waals surface area contributed by atoms with Crippen LogP contribution < -0.4 is 0 Å². The average Bonchev–Trinajstić information content (AvgIpc) is 3.30. The zero-order chi connectivity index (χ0) is 47.2. The van der Waals surface area contributed by atoms with Gasteiger partial charge < -0.3 is 14.2 Å². The van der Waals surface area contributed by atoms with E-state index in [1.807, 2.05) is 0 Å². The van der Waals surface area contributed by atoms with Gasteiger partial charge in [-0.1, -0.05) is 236 Å². The minimum Gasteiger partial charge on any atom is -0.462 e. The molecule has 1 atom stereocenters. The van der Waals surface area contributed by atoms with Crippen molar-refractivity contribution in [1.29, 1.82) is 0 Å². The smallest absolute Gasteiger partial charge is 0.306 e. The van der Waals surface area contributed by atoms with Crippen molar-refractivity contribution in [3.8, 4) is 0 Å². The topological polar surface area (TPSA) is 78.9 Å². The molecule has 0 saturated carbocycles. The van der Waals surface area contributed by atoms with E-state index in [4.69, 9.17) is 14.2 Å². The van der Waals surface area contributed by atoms with Crippen molar-refractivity contribution in [2.45, 2.75) is 297 Å². The van der Waals surface area contributed by atoms with Crippen LogP contribution in [-0.4, -0.2) is 37.2 Å².